The molecule has 1 saturated heterocycles. The molecule has 24 heavy (non-hydrogen) atoms. The quantitative estimate of drug-likeness (QED) is 0.300. The molecule has 0 radical (unpaired) electrons. The van der Waals surface area contributed by atoms with Gasteiger partial charge < -0.3 is 9.94 Å². The number of nitrogens with zero attached hydrogens (tertiary/aromatic N) is 3. The molecule has 1 aromatic rings. The predicted octanol–water partition coefficient (Wildman–Crippen LogP) is 2.36. The first-order valence-electron chi connectivity index (χ1n) is 7.16. The van der Waals surface area contributed by atoms with E-state index in [1.807, 2.05) is 0 Å². The fourth-order valence-electron chi connectivity index (χ4n) is 2.25. The Labute approximate surface area is 138 Å². The van der Waals surface area contributed by atoms with Crippen molar-refractivity contribution >= 4 is 29.4 Å². The first-order valence-corrected chi connectivity index (χ1v) is 7.16. The zero-order valence-corrected chi connectivity index (χ0v) is 13.3. The Kier molecular flexibility index (Phi) is 4.98. The molecule has 0 bridgehead atoms. The van der Waals surface area contributed by atoms with E-state index in [1.54, 1.807) is 19.1 Å². The molecule has 0 aliphatic carbocycles. The average molecular weight is 331 g/mol. The van der Waals surface area contributed by atoms with Crippen LogP contribution in [0.4, 0.5) is 15.3 Å². The Morgan fingerprint density at radius 3 is 2.54 bits per heavy atom. The summed E-state index contributed by atoms with van der Waals surface area (Å²) in [5, 5.41) is 11.8. The zero-order chi connectivity index (χ0) is 17.9. The molecule has 1 fully saturated rings. The van der Waals surface area contributed by atoms with Crippen LogP contribution in [0.2, 0.25) is 0 Å². The SMILES string of the molecule is C=CCOC(=O)N1C(=O)N(c2ccc(C(C)=NO)cc2)C(=O)C1C. The fraction of sp³-hybridized carbons (Fsp3) is 0.250. The molecule has 0 saturated carbocycles. The number of carbonyl (C=O) groups excluding carboxylic acids is 3. The number of benzene rings is 1. The van der Waals surface area contributed by atoms with Crippen molar-refractivity contribution < 1.29 is 24.3 Å². The number of imide groups is 2. The van der Waals surface area contributed by atoms with Crippen LogP contribution in [-0.4, -0.2) is 46.5 Å². The van der Waals surface area contributed by atoms with Crippen molar-refractivity contribution in [1.82, 2.24) is 4.90 Å². The van der Waals surface area contributed by atoms with E-state index in [4.69, 9.17) is 9.94 Å². The monoisotopic (exact) mass is 331 g/mol. The molecule has 126 valence electrons. The van der Waals surface area contributed by atoms with Gasteiger partial charge in [0.15, 0.2) is 0 Å². The first-order chi connectivity index (χ1) is 11.4. The van der Waals surface area contributed by atoms with Gasteiger partial charge in [-0.2, -0.15) is 0 Å². The molecule has 0 spiro atoms. The van der Waals surface area contributed by atoms with E-state index in [9.17, 15) is 14.4 Å². The van der Waals surface area contributed by atoms with Crippen molar-refractivity contribution in [2.24, 2.45) is 5.16 Å². The summed E-state index contributed by atoms with van der Waals surface area (Å²) < 4.78 is 4.84. The smallest absolute Gasteiger partial charge is 0.419 e. The van der Waals surface area contributed by atoms with Gasteiger partial charge in [-0.15, -0.1) is 0 Å². The van der Waals surface area contributed by atoms with E-state index in [2.05, 4.69) is 11.7 Å². The van der Waals surface area contributed by atoms with Crippen LogP contribution in [0.25, 0.3) is 0 Å². The molecule has 8 heteroatoms. The number of hydrogen-bond donors (Lipinski definition) is 1. The lowest BCUT2D eigenvalue weighted by Gasteiger charge is -2.16. The van der Waals surface area contributed by atoms with E-state index in [-0.39, 0.29) is 6.61 Å². The maximum absolute atomic E-state index is 12.4. The molecule has 2 rings (SSSR count). The van der Waals surface area contributed by atoms with Crippen LogP contribution in [0, 0.1) is 0 Å². The lowest BCUT2D eigenvalue weighted by Crippen LogP contribution is -2.39. The topological polar surface area (TPSA) is 99.5 Å². The number of rotatable bonds is 4. The molecule has 1 unspecified atom stereocenters. The molecule has 1 N–H and O–H groups in total. The largest absolute Gasteiger partial charge is 0.445 e. The van der Waals surface area contributed by atoms with Crippen molar-refractivity contribution in [3.8, 4) is 0 Å². The fourth-order valence-corrected chi connectivity index (χ4v) is 2.25. The van der Waals surface area contributed by atoms with E-state index >= 15 is 0 Å². The summed E-state index contributed by atoms with van der Waals surface area (Å²) in [6, 6.07) is 4.54. The second-order valence-corrected chi connectivity index (χ2v) is 5.10. The van der Waals surface area contributed by atoms with Gasteiger partial charge in [0.25, 0.3) is 5.91 Å². The molecule has 1 heterocycles. The van der Waals surface area contributed by atoms with Gasteiger partial charge in [0.2, 0.25) is 0 Å². The van der Waals surface area contributed by atoms with Crippen LogP contribution < -0.4 is 4.90 Å². The highest BCUT2D eigenvalue weighted by molar-refractivity contribution is 6.24. The minimum absolute atomic E-state index is 0.0575. The Morgan fingerprint density at radius 1 is 1.38 bits per heavy atom. The normalized spacial score (nSPS) is 18.1. The lowest BCUT2D eigenvalue weighted by molar-refractivity contribution is -0.119. The molecule has 8 nitrogen and oxygen atoms in total. The number of urea groups is 1. The van der Waals surface area contributed by atoms with Crippen LogP contribution in [0.15, 0.2) is 42.1 Å². The summed E-state index contributed by atoms with van der Waals surface area (Å²) in [5.41, 5.74) is 1.34. The summed E-state index contributed by atoms with van der Waals surface area (Å²) in [4.78, 5) is 38.4. The van der Waals surface area contributed by atoms with E-state index in [0.717, 1.165) is 9.80 Å². The van der Waals surface area contributed by atoms with Gasteiger partial charge in [-0.1, -0.05) is 29.9 Å². The van der Waals surface area contributed by atoms with E-state index in [0.29, 0.717) is 17.0 Å². The van der Waals surface area contributed by atoms with Gasteiger partial charge in [-0.05, 0) is 31.5 Å². The first kappa shape index (κ1) is 17.2. The third-order valence-electron chi connectivity index (χ3n) is 3.58. The van der Waals surface area contributed by atoms with Gasteiger partial charge in [-0.25, -0.2) is 19.4 Å². The van der Waals surface area contributed by atoms with Crippen molar-refractivity contribution in [2.45, 2.75) is 19.9 Å². The van der Waals surface area contributed by atoms with Crippen LogP contribution >= 0.6 is 0 Å². The predicted molar refractivity (Wildman–Crippen MR) is 86.2 cm³/mol. The summed E-state index contributed by atoms with van der Waals surface area (Å²) in [5.74, 6) is -0.532. The van der Waals surface area contributed by atoms with Crippen LogP contribution in [-0.2, 0) is 9.53 Å². The summed E-state index contributed by atoms with van der Waals surface area (Å²) in [7, 11) is 0. The Balaban J connectivity index is 2.28. The second kappa shape index (κ2) is 6.95. The van der Waals surface area contributed by atoms with Crippen molar-refractivity contribution in [3.63, 3.8) is 0 Å². The van der Waals surface area contributed by atoms with Crippen molar-refractivity contribution in [1.29, 1.82) is 0 Å². The summed E-state index contributed by atoms with van der Waals surface area (Å²) in [6.07, 6.45) is 0.468. The van der Waals surface area contributed by atoms with Crippen LogP contribution in [0.1, 0.15) is 19.4 Å². The molecular formula is C16H17N3O5. The highest BCUT2D eigenvalue weighted by Gasteiger charge is 2.47. The number of ether oxygens (including phenoxy) is 1. The number of oxime groups is 1. The molecule has 4 amide bonds. The standard InChI is InChI=1S/C16H17N3O5/c1-4-9-24-16(22)18-11(3)14(20)19(15(18)21)13-7-5-12(6-8-13)10(2)17-23/h4-8,11,23H,1,9H2,2-3H3. The lowest BCUT2D eigenvalue weighted by atomic mass is 10.1. The minimum Gasteiger partial charge on any atom is -0.445 e. The third-order valence-corrected chi connectivity index (χ3v) is 3.58. The molecule has 1 aromatic carbocycles. The number of amides is 4. The third kappa shape index (κ3) is 2.98. The van der Waals surface area contributed by atoms with Crippen LogP contribution in [0.5, 0.6) is 0 Å². The van der Waals surface area contributed by atoms with Crippen LogP contribution in [0.3, 0.4) is 0 Å². The van der Waals surface area contributed by atoms with Gasteiger partial charge in [-0.3, -0.25) is 4.79 Å². The van der Waals surface area contributed by atoms with Gasteiger partial charge in [0.05, 0.1) is 11.4 Å². The molecular weight excluding hydrogens is 314 g/mol. The van der Waals surface area contributed by atoms with Crippen molar-refractivity contribution in [3.05, 3.63) is 42.5 Å². The maximum Gasteiger partial charge on any atom is 0.419 e. The summed E-state index contributed by atoms with van der Waals surface area (Å²) >= 11 is 0. The highest BCUT2D eigenvalue weighted by Crippen LogP contribution is 2.26. The van der Waals surface area contributed by atoms with Gasteiger partial charge >= 0.3 is 12.1 Å². The molecule has 1 aliphatic heterocycles. The Bertz CT molecular complexity index is 711. The van der Waals surface area contributed by atoms with E-state index in [1.165, 1.54) is 25.1 Å². The van der Waals surface area contributed by atoms with E-state index < -0.39 is 24.1 Å². The number of hydrogen-bond acceptors (Lipinski definition) is 6. The Hall–Kier alpha value is -3.16. The Morgan fingerprint density at radius 2 is 2.00 bits per heavy atom. The molecule has 1 atom stereocenters. The zero-order valence-electron chi connectivity index (χ0n) is 13.3. The molecule has 1 aliphatic rings. The van der Waals surface area contributed by atoms with Crippen molar-refractivity contribution in [2.75, 3.05) is 11.5 Å². The number of anilines is 1. The average Bonchev–Trinajstić information content (AvgIpc) is 2.81. The second-order valence-electron chi connectivity index (χ2n) is 5.10. The molecule has 0 aromatic heterocycles. The maximum atomic E-state index is 12.4. The minimum atomic E-state index is -0.963. The van der Waals surface area contributed by atoms with Gasteiger partial charge in [0, 0.05) is 0 Å². The highest BCUT2D eigenvalue weighted by atomic mass is 16.6. The summed E-state index contributed by atoms with van der Waals surface area (Å²) in [6.45, 7) is 6.42. The van der Waals surface area contributed by atoms with Gasteiger partial charge in [0.1, 0.15) is 12.6 Å². The number of carbonyl (C=O) groups is 3.